The summed E-state index contributed by atoms with van der Waals surface area (Å²) >= 11 is 0. The second-order valence-corrected chi connectivity index (χ2v) is 5.74. The van der Waals surface area contributed by atoms with Crippen molar-refractivity contribution in [3.8, 4) is 0 Å². The van der Waals surface area contributed by atoms with Gasteiger partial charge in [0.25, 0.3) is 0 Å². The number of hydrogen-bond acceptors (Lipinski definition) is 3. The first-order chi connectivity index (χ1) is 10.5. The van der Waals surface area contributed by atoms with Gasteiger partial charge in [0.15, 0.2) is 0 Å². The van der Waals surface area contributed by atoms with Crippen molar-refractivity contribution in [3.63, 3.8) is 0 Å². The average molecular weight is 308 g/mol. The minimum absolute atomic E-state index is 0.0147. The van der Waals surface area contributed by atoms with Gasteiger partial charge in [-0.2, -0.15) is 0 Å². The van der Waals surface area contributed by atoms with Crippen LogP contribution < -0.4 is 10.6 Å². The molecule has 0 saturated heterocycles. The third-order valence-electron chi connectivity index (χ3n) is 4.04. The fourth-order valence-electron chi connectivity index (χ4n) is 2.75. The highest BCUT2D eigenvalue weighted by Crippen LogP contribution is 2.24. The maximum Gasteiger partial charge on any atom is 0.313 e. The van der Waals surface area contributed by atoms with E-state index in [9.17, 15) is 19.1 Å². The molecule has 0 heterocycles. The fraction of sp³-hybridized carbons (Fsp3) is 0.500. The molecule has 5 nitrogen and oxygen atoms in total. The van der Waals surface area contributed by atoms with Gasteiger partial charge in [0, 0.05) is 18.6 Å². The Morgan fingerprint density at radius 2 is 2.00 bits per heavy atom. The van der Waals surface area contributed by atoms with E-state index in [-0.39, 0.29) is 24.3 Å². The molecule has 0 aliphatic heterocycles. The van der Waals surface area contributed by atoms with Crippen molar-refractivity contribution in [1.29, 1.82) is 0 Å². The summed E-state index contributed by atoms with van der Waals surface area (Å²) in [6, 6.07) is 4.16. The van der Waals surface area contributed by atoms with Crippen molar-refractivity contribution in [2.75, 3.05) is 11.9 Å². The highest BCUT2D eigenvalue weighted by Gasteiger charge is 2.28. The smallest absolute Gasteiger partial charge is 0.313 e. The Bertz CT molecular complexity index is 562. The first-order valence-corrected chi connectivity index (χ1v) is 7.50. The SMILES string of the molecule is Cc1ccc(NC(=O)C(=O)NC2CCCCC2CO)c(F)c1. The second-order valence-electron chi connectivity index (χ2n) is 5.74. The van der Waals surface area contributed by atoms with E-state index in [2.05, 4.69) is 10.6 Å². The van der Waals surface area contributed by atoms with Gasteiger partial charge in [0.05, 0.1) is 5.69 Å². The van der Waals surface area contributed by atoms with Crippen molar-refractivity contribution in [2.24, 2.45) is 5.92 Å². The minimum Gasteiger partial charge on any atom is -0.396 e. The number of halogens is 1. The van der Waals surface area contributed by atoms with Crippen molar-refractivity contribution in [1.82, 2.24) is 5.32 Å². The Kier molecular flexibility index (Phi) is 5.49. The van der Waals surface area contributed by atoms with Gasteiger partial charge < -0.3 is 15.7 Å². The molecule has 2 amide bonds. The van der Waals surface area contributed by atoms with Crippen LogP contribution in [0.25, 0.3) is 0 Å². The van der Waals surface area contributed by atoms with Crippen LogP contribution in [-0.2, 0) is 9.59 Å². The molecule has 1 aromatic rings. The largest absolute Gasteiger partial charge is 0.396 e. The number of hydrogen-bond donors (Lipinski definition) is 3. The lowest BCUT2D eigenvalue weighted by Crippen LogP contribution is -2.47. The van der Waals surface area contributed by atoms with Gasteiger partial charge in [-0.3, -0.25) is 9.59 Å². The highest BCUT2D eigenvalue weighted by atomic mass is 19.1. The Hall–Kier alpha value is -1.95. The molecule has 3 N–H and O–H groups in total. The molecule has 1 fully saturated rings. The number of carbonyl (C=O) groups excluding carboxylic acids is 2. The van der Waals surface area contributed by atoms with Crippen molar-refractivity contribution < 1.29 is 19.1 Å². The van der Waals surface area contributed by atoms with Crippen molar-refractivity contribution >= 4 is 17.5 Å². The van der Waals surface area contributed by atoms with Crippen molar-refractivity contribution in [3.05, 3.63) is 29.6 Å². The predicted octanol–water partition coefficient (Wildman–Crippen LogP) is 1.74. The Labute approximate surface area is 128 Å². The molecule has 2 rings (SSSR count). The molecule has 0 aromatic heterocycles. The first kappa shape index (κ1) is 16.4. The lowest BCUT2D eigenvalue weighted by Gasteiger charge is -2.30. The summed E-state index contributed by atoms with van der Waals surface area (Å²) in [5.41, 5.74) is 0.709. The number of aliphatic hydroxyl groups is 1. The van der Waals surface area contributed by atoms with Gasteiger partial charge in [-0.05, 0) is 37.5 Å². The Morgan fingerprint density at radius 3 is 2.68 bits per heavy atom. The van der Waals surface area contributed by atoms with Gasteiger partial charge in [-0.25, -0.2) is 4.39 Å². The monoisotopic (exact) mass is 308 g/mol. The van der Waals surface area contributed by atoms with Gasteiger partial charge in [-0.1, -0.05) is 18.9 Å². The average Bonchev–Trinajstić information content (AvgIpc) is 2.50. The van der Waals surface area contributed by atoms with Crippen LogP contribution in [0.15, 0.2) is 18.2 Å². The maximum atomic E-state index is 13.7. The Balaban J connectivity index is 1.95. The van der Waals surface area contributed by atoms with Crippen LogP contribution in [0.1, 0.15) is 31.2 Å². The summed E-state index contributed by atoms with van der Waals surface area (Å²) in [6.45, 7) is 1.72. The van der Waals surface area contributed by atoms with Crippen LogP contribution in [0.3, 0.4) is 0 Å². The standard InChI is InChI=1S/C16H21FN2O3/c1-10-6-7-14(12(17)8-10)19-16(22)15(21)18-13-5-3-2-4-11(13)9-20/h6-8,11,13,20H,2-5,9H2,1H3,(H,18,21)(H,19,22). The zero-order valence-corrected chi connectivity index (χ0v) is 12.6. The maximum absolute atomic E-state index is 13.7. The van der Waals surface area contributed by atoms with Crippen LogP contribution >= 0.6 is 0 Å². The molecule has 1 aromatic carbocycles. The van der Waals surface area contributed by atoms with E-state index in [0.29, 0.717) is 0 Å². The van der Waals surface area contributed by atoms with E-state index in [1.165, 1.54) is 12.1 Å². The first-order valence-electron chi connectivity index (χ1n) is 7.50. The van der Waals surface area contributed by atoms with Crippen LogP contribution in [-0.4, -0.2) is 29.6 Å². The molecule has 22 heavy (non-hydrogen) atoms. The summed E-state index contributed by atoms with van der Waals surface area (Å²) in [7, 11) is 0. The summed E-state index contributed by atoms with van der Waals surface area (Å²) in [5.74, 6) is -2.30. The third kappa shape index (κ3) is 4.04. The lowest BCUT2D eigenvalue weighted by atomic mass is 9.85. The van der Waals surface area contributed by atoms with E-state index in [4.69, 9.17) is 0 Å². The molecule has 1 saturated carbocycles. The van der Waals surface area contributed by atoms with Crippen LogP contribution in [0, 0.1) is 18.7 Å². The zero-order chi connectivity index (χ0) is 16.1. The number of aryl methyl sites for hydroxylation is 1. The van der Waals surface area contributed by atoms with Gasteiger partial charge >= 0.3 is 11.8 Å². The molecular weight excluding hydrogens is 287 g/mol. The molecule has 1 aliphatic rings. The molecule has 0 radical (unpaired) electrons. The molecule has 0 spiro atoms. The van der Waals surface area contributed by atoms with Gasteiger partial charge in [0.1, 0.15) is 5.82 Å². The topological polar surface area (TPSA) is 78.4 Å². The number of aliphatic hydroxyl groups excluding tert-OH is 1. The van der Waals surface area contributed by atoms with Crippen LogP contribution in [0.4, 0.5) is 10.1 Å². The normalized spacial score (nSPS) is 21.2. The van der Waals surface area contributed by atoms with E-state index >= 15 is 0 Å². The number of anilines is 1. The quantitative estimate of drug-likeness (QED) is 0.744. The van der Waals surface area contributed by atoms with Gasteiger partial charge in [-0.15, -0.1) is 0 Å². The zero-order valence-electron chi connectivity index (χ0n) is 12.6. The molecule has 2 atom stereocenters. The van der Waals surface area contributed by atoms with E-state index in [1.54, 1.807) is 13.0 Å². The molecule has 2 unspecified atom stereocenters. The second kappa shape index (κ2) is 7.35. The van der Waals surface area contributed by atoms with Crippen molar-refractivity contribution in [2.45, 2.75) is 38.6 Å². The summed E-state index contributed by atoms with van der Waals surface area (Å²) < 4.78 is 13.7. The highest BCUT2D eigenvalue weighted by molar-refractivity contribution is 6.39. The fourth-order valence-corrected chi connectivity index (χ4v) is 2.75. The number of carbonyl (C=O) groups is 2. The molecule has 6 heteroatoms. The molecule has 120 valence electrons. The van der Waals surface area contributed by atoms with Gasteiger partial charge in [0.2, 0.25) is 0 Å². The Morgan fingerprint density at radius 1 is 1.27 bits per heavy atom. The lowest BCUT2D eigenvalue weighted by molar-refractivity contribution is -0.137. The number of benzene rings is 1. The number of nitrogens with one attached hydrogen (secondary N) is 2. The number of amides is 2. The third-order valence-corrected chi connectivity index (χ3v) is 4.04. The molecule has 1 aliphatic carbocycles. The summed E-state index contributed by atoms with van der Waals surface area (Å²) in [5, 5.41) is 14.2. The van der Waals surface area contributed by atoms with E-state index in [0.717, 1.165) is 31.2 Å². The summed E-state index contributed by atoms with van der Waals surface area (Å²) in [6.07, 6.45) is 3.53. The predicted molar refractivity (Wildman–Crippen MR) is 80.7 cm³/mol. The van der Waals surface area contributed by atoms with E-state index in [1.807, 2.05) is 0 Å². The minimum atomic E-state index is -0.898. The molecular formula is C16H21FN2O3. The van der Waals surface area contributed by atoms with Crippen LogP contribution in [0.5, 0.6) is 0 Å². The summed E-state index contributed by atoms with van der Waals surface area (Å²) in [4.78, 5) is 23.8. The van der Waals surface area contributed by atoms with Crippen LogP contribution in [0.2, 0.25) is 0 Å². The molecule has 0 bridgehead atoms. The van der Waals surface area contributed by atoms with E-state index < -0.39 is 17.6 Å². The number of rotatable bonds is 3.